The molecule has 0 amide bonds. The summed E-state index contributed by atoms with van der Waals surface area (Å²) in [4.78, 5) is 8.87. The molecule has 0 saturated heterocycles. The molecule has 0 aliphatic rings. The highest BCUT2D eigenvalue weighted by Gasteiger charge is 2.10. The molecule has 0 fully saturated rings. The zero-order chi connectivity index (χ0) is 16.4. The first-order valence-electron chi connectivity index (χ1n) is 7.40. The predicted octanol–water partition coefficient (Wildman–Crippen LogP) is 2.35. The molecule has 8 nitrogen and oxygen atoms in total. The van der Waals surface area contributed by atoms with Crippen LogP contribution in [0.15, 0.2) is 48.9 Å². The van der Waals surface area contributed by atoms with Crippen LogP contribution in [-0.2, 0) is 6.54 Å². The van der Waals surface area contributed by atoms with Gasteiger partial charge in [-0.15, -0.1) is 0 Å². The molecule has 0 atom stereocenters. The third-order valence-electron chi connectivity index (χ3n) is 3.61. The van der Waals surface area contributed by atoms with E-state index >= 15 is 0 Å². The van der Waals surface area contributed by atoms with Crippen LogP contribution in [0.5, 0.6) is 5.88 Å². The van der Waals surface area contributed by atoms with Gasteiger partial charge >= 0.3 is 0 Å². The summed E-state index contributed by atoms with van der Waals surface area (Å²) in [5.41, 5.74) is 2.59. The lowest BCUT2D eigenvalue weighted by molar-refractivity contribution is 0.399. The Morgan fingerprint density at radius 1 is 1.17 bits per heavy atom. The van der Waals surface area contributed by atoms with Crippen LogP contribution in [0.1, 0.15) is 5.56 Å². The minimum atomic E-state index is 0.456. The van der Waals surface area contributed by atoms with Crippen LogP contribution >= 0.6 is 0 Å². The molecule has 8 heteroatoms. The second-order valence-corrected chi connectivity index (χ2v) is 5.20. The molecule has 3 aromatic heterocycles. The van der Waals surface area contributed by atoms with Gasteiger partial charge in [-0.05, 0) is 5.56 Å². The number of hydrogen-bond donors (Lipinski definition) is 2. The summed E-state index contributed by atoms with van der Waals surface area (Å²) in [6.45, 7) is 0.649. The summed E-state index contributed by atoms with van der Waals surface area (Å²) in [7, 11) is 1.57. The van der Waals surface area contributed by atoms with E-state index < -0.39 is 0 Å². The minimum absolute atomic E-state index is 0.456. The van der Waals surface area contributed by atoms with Gasteiger partial charge in [0.25, 0.3) is 0 Å². The molecule has 3 heterocycles. The van der Waals surface area contributed by atoms with E-state index in [2.05, 4.69) is 42.7 Å². The normalized spacial score (nSPS) is 10.9. The Balaban J connectivity index is 1.66. The number of benzene rings is 1. The molecule has 0 saturated carbocycles. The van der Waals surface area contributed by atoms with Crippen molar-refractivity contribution >= 4 is 22.7 Å². The standard InChI is InChI=1S/C16H15N7O/c1-24-15-13(9-18-22-15)20-16-17-7-12-8-19-23(14(12)21-16)10-11-5-3-2-4-6-11/h2-9H,10H2,1H3,(H,18,22)(H,17,20,21). The number of anilines is 2. The average molecular weight is 321 g/mol. The Morgan fingerprint density at radius 3 is 2.88 bits per heavy atom. The van der Waals surface area contributed by atoms with Gasteiger partial charge in [-0.25, -0.2) is 14.8 Å². The number of hydrogen-bond acceptors (Lipinski definition) is 6. The lowest BCUT2D eigenvalue weighted by Crippen LogP contribution is -2.04. The van der Waals surface area contributed by atoms with Crippen molar-refractivity contribution in [3.8, 4) is 5.88 Å². The Labute approximate surface area is 137 Å². The highest BCUT2D eigenvalue weighted by atomic mass is 16.5. The SMILES string of the molecule is COc1[nH]ncc1Nc1ncc2cnn(Cc3ccccc3)c2n1. The van der Waals surface area contributed by atoms with Gasteiger partial charge in [-0.2, -0.15) is 15.2 Å². The van der Waals surface area contributed by atoms with E-state index in [1.807, 2.05) is 22.9 Å². The van der Waals surface area contributed by atoms with Gasteiger partial charge in [0.1, 0.15) is 5.69 Å². The van der Waals surface area contributed by atoms with E-state index in [0.717, 1.165) is 16.6 Å². The summed E-state index contributed by atoms with van der Waals surface area (Å²) in [6.07, 6.45) is 5.12. The molecule has 4 rings (SSSR count). The fraction of sp³-hybridized carbons (Fsp3) is 0.125. The molecule has 0 aliphatic carbocycles. The van der Waals surface area contributed by atoms with Crippen molar-refractivity contribution in [2.24, 2.45) is 0 Å². The third kappa shape index (κ3) is 2.65. The van der Waals surface area contributed by atoms with Crippen LogP contribution in [0.2, 0.25) is 0 Å². The number of nitrogens with one attached hydrogen (secondary N) is 2. The van der Waals surface area contributed by atoms with E-state index in [1.54, 1.807) is 25.7 Å². The maximum atomic E-state index is 5.18. The van der Waals surface area contributed by atoms with E-state index in [9.17, 15) is 0 Å². The Morgan fingerprint density at radius 2 is 2.04 bits per heavy atom. The van der Waals surface area contributed by atoms with Crippen molar-refractivity contribution in [3.63, 3.8) is 0 Å². The highest BCUT2D eigenvalue weighted by Crippen LogP contribution is 2.23. The summed E-state index contributed by atoms with van der Waals surface area (Å²) < 4.78 is 7.03. The molecular weight excluding hydrogens is 306 g/mol. The van der Waals surface area contributed by atoms with Gasteiger partial charge in [0.2, 0.25) is 11.8 Å². The summed E-state index contributed by atoms with van der Waals surface area (Å²) in [5.74, 6) is 0.980. The van der Waals surface area contributed by atoms with Crippen molar-refractivity contribution in [3.05, 3.63) is 54.5 Å². The number of methoxy groups -OCH3 is 1. The van der Waals surface area contributed by atoms with Crippen LogP contribution in [0.3, 0.4) is 0 Å². The lowest BCUT2D eigenvalue weighted by Gasteiger charge is -2.06. The van der Waals surface area contributed by atoms with Gasteiger partial charge in [0.15, 0.2) is 5.65 Å². The average Bonchev–Trinajstić information content (AvgIpc) is 3.23. The van der Waals surface area contributed by atoms with Crippen LogP contribution < -0.4 is 10.1 Å². The molecule has 4 aromatic rings. The van der Waals surface area contributed by atoms with Crippen LogP contribution in [-0.4, -0.2) is 37.1 Å². The monoisotopic (exact) mass is 321 g/mol. The van der Waals surface area contributed by atoms with E-state index in [-0.39, 0.29) is 0 Å². The first-order valence-corrected chi connectivity index (χ1v) is 7.40. The number of ether oxygens (including phenoxy) is 1. The summed E-state index contributed by atoms with van der Waals surface area (Å²) >= 11 is 0. The Kier molecular flexibility index (Phi) is 3.54. The van der Waals surface area contributed by atoms with E-state index in [1.165, 1.54) is 0 Å². The highest BCUT2D eigenvalue weighted by molar-refractivity contribution is 5.75. The molecule has 0 aliphatic heterocycles. The van der Waals surface area contributed by atoms with Gasteiger partial charge in [0, 0.05) is 6.20 Å². The topological polar surface area (TPSA) is 93.5 Å². The molecule has 0 bridgehead atoms. The second-order valence-electron chi connectivity index (χ2n) is 5.20. The van der Waals surface area contributed by atoms with Gasteiger partial charge in [0.05, 0.1) is 31.4 Å². The number of rotatable bonds is 5. The zero-order valence-electron chi connectivity index (χ0n) is 13.0. The van der Waals surface area contributed by atoms with Crippen LogP contribution in [0.25, 0.3) is 11.0 Å². The second kappa shape index (κ2) is 5.99. The molecule has 24 heavy (non-hydrogen) atoms. The fourth-order valence-electron chi connectivity index (χ4n) is 2.44. The lowest BCUT2D eigenvalue weighted by atomic mass is 10.2. The molecule has 1 aromatic carbocycles. The first kappa shape index (κ1) is 14.2. The zero-order valence-corrected chi connectivity index (χ0v) is 13.0. The number of aromatic nitrogens is 6. The number of fused-ring (bicyclic) bond motifs is 1. The third-order valence-corrected chi connectivity index (χ3v) is 3.61. The van der Waals surface area contributed by atoms with E-state index in [4.69, 9.17) is 4.74 Å². The van der Waals surface area contributed by atoms with Crippen molar-refractivity contribution in [2.45, 2.75) is 6.54 Å². The summed E-state index contributed by atoms with van der Waals surface area (Å²) in [6, 6.07) is 10.1. The molecule has 0 spiro atoms. The fourth-order valence-corrected chi connectivity index (χ4v) is 2.44. The van der Waals surface area contributed by atoms with Crippen molar-refractivity contribution in [1.82, 2.24) is 29.9 Å². The number of nitrogens with zero attached hydrogens (tertiary/aromatic N) is 5. The molecule has 2 N–H and O–H groups in total. The van der Waals surface area contributed by atoms with Crippen LogP contribution in [0, 0.1) is 0 Å². The quantitative estimate of drug-likeness (QED) is 0.586. The first-order chi connectivity index (χ1) is 11.8. The van der Waals surface area contributed by atoms with Gasteiger partial charge in [-0.1, -0.05) is 30.3 Å². The maximum absolute atomic E-state index is 5.18. The molecule has 0 unspecified atom stereocenters. The van der Waals surface area contributed by atoms with Crippen LogP contribution in [0.4, 0.5) is 11.6 Å². The van der Waals surface area contributed by atoms with Gasteiger partial charge < -0.3 is 10.1 Å². The largest absolute Gasteiger partial charge is 0.480 e. The molecule has 0 radical (unpaired) electrons. The predicted molar refractivity (Wildman–Crippen MR) is 89.3 cm³/mol. The van der Waals surface area contributed by atoms with Crippen molar-refractivity contribution in [1.29, 1.82) is 0 Å². The van der Waals surface area contributed by atoms with Gasteiger partial charge in [-0.3, -0.25) is 0 Å². The van der Waals surface area contributed by atoms with Crippen molar-refractivity contribution in [2.75, 3.05) is 12.4 Å². The Bertz CT molecular complexity index is 961. The minimum Gasteiger partial charge on any atom is -0.480 e. The molecular formula is C16H15N7O. The molecule has 120 valence electrons. The maximum Gasteiger partial charge on any atom is 0.233 e. The number of H-pyrrole nitrogens is 1. The Hall–Kier alpha value is -3.42. The number of aromatic amines is 1. The van der Waals surface area contributed by atoms with Crippen molar-refractivity contribution < 1.29 is 4.74 Å². The smallest absolute Gasteiger partial charge is 0.233 e. The summed E-state index contributed by atoms with van der Waals surface area (Å²) in [5, 5.41) is 15.1. The van der Waals surface area contributed by atoms with E-state index in [0.29, 0.717) is 24.1 Å².